The van der Waals surface area contributed by atoms with E-state index in [2.05, 4.69) is 29.7 Å². The highest BCUT2D eigenvalue weighted by Gasteiger charge is 2.20. The summed E-state index contributed by atoms with van der Waals surface area (Å²) in [5.74, 6) is -1.77. The number of hydrogen-bond donors (Lipinski definition) is 2. The summed E-state index contributed by atoms with van der Waals surface area (Å²) in [6, 6.07) is 6.26. The van der Waals surface area contributed by atoms with E-state index >= 15 is 0 Å². The molecule has 0 aliphatic carbocycles. The molecule has 0 radical (unpaired) electrons. The molecular weight excluding hydrogens is 340 g/mol. The smallest absolute Gasteiger partial charge is 0.358 e. The number of aromatic amines is 1. The number of aromatic nitrogens is 3. The Morgan fingerprint density at radius 3 is 2.38 bits per heavy atom. The van der Waals surface area contributed by atoms with Crippen LogP contribution in [0.1, 0.15) is 31.2 Å². The minimum absolute atomic E-state index is 0.0490. The normalized spacial score (nSPS) is 10.4. The van der Waals surface area contributed by atoms with Gasteiger partial charge in [-0.1, -0.05) is 12.1 Å². The Balaban J connectivity index is 1.97. The number of ether oxygens (including phenoxy) is 2. The number of methoxy groups -OCH3 is 2. The zero-order valence-corrected chi connectivity index (χ0v) is 13.9. The van der Waals surface area contributed by atoms with E-state index in [1.165, 1.54) is 38.9 Å². The van der Waals surface area contributed by atoms with Gasteiger partial charge >= 0.3 is 11.9 Å². The average Bonchev–Trinajstić information content (AvgIpc) is 3.09. The van der Waals surface area contributed by atoms with Gasteiger partial charge in [-0.2, -0.15) is 0 Å². The maximum atomic E-state index is 12.6. The fraction of sp³-hybridized carbons (Fsp3) is 0.118. The molecule has 2 N–H and O–H groups in total. The number of rotatable bonds is 4. The molecule has 0 unspecified atom stereocenters. The molecule has 132 valence electrons. The van der Waals surface area contributed by atoms with E-state index in [1.807, 2.05) is 0 Å². The Bertz CT molecular complexity index is 1010. The van der Waals surface area contributed by atoms with Crippen molar-refractivity contribution in [2.75, 3.05) is 19.5 Å². The average molecular weight is 354 g/mol. The maximum Gasteiger partial charge on any atom is 0.358 e. The third kappa shape index (κ3) is 2.97. The minimum atomic E-state index is -0.631. The molecule has 26 heavy (non-hydrogen) atoms. The second-order valence-electron chi connectivity index (χ2n) is 5.13. The molecule has 0 aliphatic heterocycles. The van der Waals surface area contributed by atoms with Crippen LogP contribution in [0.2, 0.25) is 0 Å². The summed E-state index contributed by atoms with van der Waals surface area (Å²) in [5.41, 5.74) is 1.33. The Morgan fingerprint density at radius 1 is 1.00 bits per heavy atom. The highest BCUT2D eigenvalue weighted by Crippen LogP contribution is 2.24. The first-order valence-electron chi connectivity index (χ1n) is 7.46. The Morgan fingerprint density at radius 2 is 1.69 bits per heavy atom. The second kappa shape index (κ2) is 7.01. The molecule has 2 heterocycles. The van der Waals surface area contributed by atoms with E-state index in [0.29, 0.717) is 16.7 Å². The molecule has 0 saturated carbocycles. The summed E-state index contributed by atoms with van der Waals surface area (Å²) in [6.07, 6.45) is 2.67. The van der Waals surface area contributed by atoms with Crippen molar-refractivity contribution >= 4 is 34.6 Å². The molecule has 2 aromatic heterocycles. The van der Waals surface area contributed by atoms with E-state index in [4.69, 9.17) is 0 Å². The van der Waals surface area contributed by atoms with Gasteiger partial charge in [-0.05, 0) is 12.1 Å². The number of carbonyl (C=O) groups excluding carboxylic acids is 3. The van der Waals surface area contributed by atoms with Crippen LogP contribution in [0.25, 0.3) is 11.0 Å². The zero-order chi connectivity index (χ0) is 18.7. The molecule has 3 rings (SSSR count). The van der Waals surface area contributed by atoms with Gasteiger partial charge in [0.05, 0.1) is 31.0 Å². The Kier molecular flexibility index (Phi) is 4.61. The lowest BCUT2D eigenvalue weighted by Crippen LogP contribution is -2.17. The zero-order valence-electron chi connectivity index (χ0n) is 13.9. The van der Waals surface area contributed by atoms with Crippen molar-refractivity contribution in [2.45, 2.75) is 0 Å². The second-order valence-corrected chi connectivity index (χ2v) is 5.13. The van der Waals surface area contributed by atoms with Crippen LogP contribution in [0.15, 0.2) is 36.8 Å². The van der Waals surface area contributed by atoms with E-state index in [1.54, 1.807) is 12.1 Å². The van der Waals surface area contributed by atoms with Gasteiger partial charge in [-0.3, -0.25) is 4.79 Å². The lowest BCUT2D eigenvalue weighted by atomic mass is 10.1. The number of nitrogens with one attached hydrogen (secondary N) is 2. The number of nitrogens with zero attached hydrogens (tertiary/aromatic N) is 2. The summed E-state index contributed by atoms with van der Waals surface area (Å²) < 4.78 is 9.36. The first-order chi connectivity index (χ1) is 12.6. The molecule has 0 saturated heterocycles. The quantitative estimate of drug-likeness (QED) is 0.685. The number of hydrogen-bond acceptors (Lipinski definition) is 7. The van der Waals surface area contributed by atoms with Crippen LogP contribution in [-0.4, -0.2) is 47.0 Å². The molecule has 1 aromatic carbocycles. The monoisotopic (exact) mass is 354 g/mol. The lowest BCUT2D eigenvalue weighted by Gasteiger charge is -2.08. The number of H-pyrrole nitrogens is 1. The lowest BCUT2D eigenvalue weighted by molar-refractivity contribution is 0.0588. The molecule has 9 nitrogen and oxygen atoms in total. The van der Waals surface area contributed by atoms with Gasteiger partial charge in [0.2, 0.25) is 0 Å². The fourth-order valence-corrected chi connectivity index (χ4v) is 2.44. The van der Waals surface area contributed by atoms with Gasteiger partial charge in [-0.25, -0.2) is 19.6 Å². The number of amides is 1. The molecule has 1 amide bonds. The van der Waals surface area contributed by atoms with Gasteiger partial charge in [0.25, 0.3) is 5.91 Å². The first kappa shape index (κ1) is 17.1. The van der Waals surface area contributed by atoms with Crippen LogP contribution >= 0.6 is 0 Å². The van der Waals surface area contributed by atoms with Crippen LogP contribution in [0, 0.1) is 0 Å². The Labute approximate surface area is 147 Å². The number of fused-ring (bicyclic) bond motifs is 1. The highest BCUT2D eigenvalue weighted by atomic mass is 16.5. The van der Waals surface area contributed by atoms with Gasteiger partial charge < -0.3 is 19.8 Å². The van der Waals surface area contributed by atoms with Crippen molar-refractivity contribution < 1.29 is 23.9 Å². The topological polar surface area (TPSA) is 123 Å². The van der Waals surface area contributed by atoms with Crippen molar-refractivity contribution in [3.05, 3.63) is 53.6 Å². The molecule has 0 fully saturated rings. The minimum Gasteiger partial charge on any atom is -0.465 e. The van der Waals surface area contributed by atoms with E-state index in [-0.39, 0.29) is 16.8 Å². The largest absolute Gasteiger partial charge is 0.465 e. The van der Waals surface area contributed by atoms with Gasteiger partial charge in [-0.15, -0.1) is 0 Å². The van der Waals surface area contributed by atoms with Crippen LogP contribution in [0.5, 0.6) is 0 Å². The third-order valence-corrected chi connectivity index (χ3v) is 3.67. The van der Waals surface area contributed by atoms with E-state index < -0.39 is 17.8 Å². The SMILES string of the molecule is COC(=O)c1ccccc1C(=O)Nc1c[nH]c2c(C(=O)OC)ncnc12. The predicted molar refractivity (Wildman–Crippen MR) is 91.0 cm³/mol. The van der Waals surface area contributed by atoms with E-state index in [0.717, 1.165) is 0 Å². The summed E-state index contributed by atoms with van der Waals surface area (Å²) in [7, 11) is 2.48. The van der Waals surface area contributed by atoms with Gasteiger partial charge in [0.1, 0.15) is 17.4 Å². The predicted octanol–water partition coefficient (Wildman–Crippen LogP) is 1.78. The van der Waals surface area contributed by atoms with Crippen molar-refractivity contribution in [1.82, 2.24) is 15.0 Å². The van der Waals surface area contributed by atoms with Crippen LogP contribution < -0.4 is 5.32 Å². The summed E-state index contributed by atoms with van der Waals surface area (Å²) >= 11 is 0. The van der Waals surface area contributed by atoms with Crippen molar-refractivity contribution in [1.29, 1.82) is 0 Å². The summed E-state index contributed by atoms with van der Waals surface area (Å²) in [4.78, 5) is 47.0. The van der Waals surface area contributed by atoms with Crippen LogP contribution in [0.3, 0.4) is 0 Å². The fourth-order valence-electron chi connectivity index (χ4n) is 2.44. The van der Waals surface area contributed by atoms with Crippen LogP contribution in [-0.2, 0) is 9.47 Å². The molecule has 0 atom stereocenters. The third-order valence-electron chi connectivity index (χ3n) is 3.67. The molecule has 0 spiro atoms. The van der Waals surface area contributed by atoms with Crippen molar-refractivity contribution in [3.63, 3.8) is 0 Å². The molecule has 0 bridgehead atoms. The number of carbonyl (C=O) groups is 3. The molecule has 3 aromatic rings. The highest BCUT2D eigenvalue weighted by molar-refractivity contribution is 6.14. The number of benzene rings is 1. The first-order valence-corrected chi connectivity index (χ1v) is 7.46. The van der Waals surface area contributed by atoms with E-state index in [9.17, 15) is 14.4 Å². The summed E-state index contributed by atoms with van der Waals surface area (Å²) in [6.45, 7) is 0. The van der Waals surface area contributed by atoms with Crippen molar-refractivity contribution in [3.8, 4) is 0 Å². The standard InChI is InChI=1S/C17H14N4O5/c1-25-16(23)10-6-4-3-5-9(10)15(22)21-11-7-18-13-12(11)19-8-20-14(13)17(24)26-2/h3-8,18H,1-2H3,(H,21,22). The Hall–Kier alpha value is -3.75. The molecular formula is C17H14N4O5. The van der Waals surface area contributed by atoms with Gasteiger partial charge in [0, 0.05) is 6.20 Å². The maximum absolute atomic E-state index is 12.6. The van der Waals surface area contributed by atoms with Gasteiger partial charge in [0.15, 0.2) is 5.69 Å². The molecule has 9 heteroatoms. The number of esters is 2. The molecule has 0 aliphatic rings. The van der Waals surface area contributed by atoms with Crippen LogP contribution in [0.4, 0.5) is 5.69 Å². The van der Waals surface area contributed by atoms with Crippen molar-refractivity contribution in [2.24, 2.45) is 0 Å². The number of anilines is 1. The summed E-state index contributed by atoms with van der Waals surface area (Å²) in [5, 5.41) is 2.66.